The normalized spacial score (nSPS) is 10.6. The lowest BCUT2D eigenvalue weighted by Gasteiger charge is -2.09. The van der Waals surface area contributed by atoms with Gasteiger partial charge in [-0.1, -0.05) is 29.3 Å². The van der Waals surface area contributed by atoms with Gasteiger partial charge in [0.25, 0.3) is 0 Å². The van der Waals surface area contributed by atoms with Crippen molar-refractivity contribution in [1.29, 1.82) is 0 Å². The van der Waals surface area contributed by atoms with Gasteiger partial charge >= 0.3 is 0 Å². The monoisotopic (exact) mass is 288 g/mol. The number of halogens is 2. The first-order valence-corrected chi connectivity index (χ1v) is 6.55. The second-order valence-electron chi connectivity index (χ2n) is 4.16. The van der Waals surface area contributed by atoms with Gasteiger partial charge in [-0.25, -0.2) is 0 Å². The number of hydrogen-bond acceptors (Lipinski definition) is 2. The molecule has 0 atom stereocenters. The van der Waals surface area contributed by atoms with E-state index < -0.39 is 0 Å². The molecule has 1 aromatic heterocycles. The summed E-state index contributed by atoms with van der Waals surface area (Å²) in [6, 6.07) is 15.2. The number of nitrogens with zero attached hydrogens (tertiary/aromatic N) is 1. The van der Waals surface area contributed by atoms with Gasteiger partial charge in [0.05, 0.1) is 5.52 Å². The van der Waals surface area contributed by atoms with Crippen LogP contribution in [0.5, 0.6) is 0 Å². The van der Waals surface area contributed by atoms with Crippen LogP contribution < -0.4 is 5.32 Å². The van der Waals surface area contributed by atoms with Crippen molar-refractivity contribution in [2.45, 2.75) is 0 Å². The minimum atomic E-state index is 0.680. The lowest BCUT2D eigenvalue weighted by Crippen LogP contribution is -1.92. The van der Waals surface area contributed by atoms with Crippen molar-refractivity contribution >= 4 is 45.5 Å². The summed E-state index contributed by atoms with van der Waals surface area (Å²) in [4.78, 5) is 4.31. The molecule has 19 heavy (non-hydrogen) atoms. The summed E-state index contributed by atoms with van der Waals surface area (Å²) >= 11 is 12.0. The molecule has 0 spiro atoms. The molecule has 0 saturated heterocycles. The van der Waals surface area contributed by atoms with E-state index in [0.29, 0.717) is 10.0 Å². The molecule has 3 rings (SSSR count). The maximum atomic E-state index is 5.98. The summed E-state index contributed by atoms with van der Waals surface area (Å²) in [6.07, 6.45) is 1.76. The maximum Gasteiger partial charge on any atom is 0.0737 e. The second-order valence-corrected chi connectivity index (χ2v) is 5.03. The molecule has 0 aliphatic rings. The van der Waals surface area contributed by atoms with E-state index in [1.165, 1.54) is 0 Å². The number of pyridine rings is 1. The van der Waals surface area contributed by atoms with Crippen LogP contribution in [0.1, 0.15) is 0 Å². The Morgan fingerprint density at radius 3 is 2.58 bits per heavy atom. The SMILES string of the molecule is Clc1cccc(Nc2ccnc3cc(Cl)ccc23)c1. The Bertz CT molecular complexity index is 741. The zero-order valence-corrected chi connectivity index (χ0v) is 11.4. The highest BCUT2D eigenvalue weighted by Crippen LogP contribution is 2.27. The summed E-state index contributed by atoms with van der Waals surface area (Å²) in [6.45, 7) is 0. The van der Waals surface area contributed by atoms with E-state index in [0.717, 1.165) is 22.3 Å². The fourth-order valence-corrected chi connectivity index (χ4v) is 2.31. The molecule has 4 heteroatoms. The van der Waals surface area contributed by atoms with Gasteiger partial charge in [0.2, 0.25) is 0 Å². The van der Waals surface area contributed by atoms with Crippen LogP contribution in [-0.2, 0) is 0 Å². The van der Waals surface area contributed by atoms with Crippen LogP contribution in [0, 0.1) is 0 Å². The predicted octanol–water partition coefficient (Wildman–Crippen LogP) is 5.29. The molecule has 1 heterocycles. The van der Waals surface area contributed by atoms with Crippen LogP contribution in [-0.4, -0.2) is 4.98 Å². The minimum Gasteiger partial charge on any atom is -0.355 e. The van der Waals surface area contributed by atoms with Crippen molar-refractivity contribution in [2.75, 3.05) is 5.32 Å². The fourth-order valence-electron chi connectivity index (χ4n) is 1.95. The van der Waals surface area contributed by atoms with E-state index in [4.69, 9.17) is 23.2 Å². The average Bonchev–Trinajstić information content (AvgIpc) is 2.38. The lowest BCUT2D eigenvalue weighted by atomic mass is 10.2. The summed E-state index contributed by atoms with van der Waals surface area (Å²) in [5.41, 5.74) is 2.78. The van der Waals surface area contributed by atoms with Crippen LogP contribution in [0.3, 0.4) is 0 Å². The van der Waals surface area contributed by atoms with Crippen molar-refractivity contribution in [3.05, 3.63) is 64.8 Å². The molecule has 2 aromatic carbocycles. The van der Waals surface area contributed by atoms with Gasteiger partial charge in [-0.15, -0.1) is 0 Å². The highest BCUT2D eigenvalue weighted by Gasteiger charge is 2.03. The molecule has 0 saturated carbocycles. The largest absolute Gasteiger partial charge is 0.355 e. The fraction of sp³-hybridized carbons (Fsp3) is 0. The molecule has 0 radical (unpaired) electrons. The molecule has 1 N–H and O–H groups in total. The smallest absolute Gasteiger partial charge is 0.0737 e. The second kappa shape index (κ2) is 5.08. The molecule has 0 fully saturated rings. The van der Waals surface area contributed by atoms with Gasteiger partial charge in [-0.2, -0.15) is 0 Å². The third kappa shape index (κ3) is 2.65. The number of rotatable bonds is 2. The number of nitrogens with one attached hydrogen (secondary N) is 1. The zero-order chi connectivity index (χ0) is 13.2. The van der Waals surface area contributed by atoms with E-state index in [9.17, 15) is 0 Å². The number of aromatic nitrogens is 1. The Morgan fingerprint density at radius 1 is 0.895 bits per heavy atom. The van der Waals surface area contributed by atoms with Crippen molar-refractivity contribution in [3.63, 3.8) is 0 Å². The predicted molar refractivity (Wildman–Crippen MR) is 81.5 cm³/mol. The van der Waals surface area contributed by atoms with Crippen LogP contribution in [0.15, 0.2) is 54.7 Å². The van der Waals surface area contributed by atoms with Crippen LogP contribution in [0.4, 0.5) is 11.4 Å². The quantitative estimate of drug-likeness (QED) is 0.693. The zero-order valence-electron chi connectivity index (χ0n) is 9.90. The van der Waals surface area contributed by atoms with Gasteiger partial charge in [0.1, 0.15) is 0 Å². The molecule has 3 aromatic rings. The van der Waals surface area contributed by atoms with E-state index >= 15 is 0 Å². The van der Waals surface area contributed by atoms with Crippen LogP contribution >= 0.6 is 23.2 Å². The van der Waals surface area contributed by atoms with Crippen LogP contribution in [0.2, 0.25) is 10.0 Å². The van der Waals surface area contributed by atoms with Gasteiger partial charge in [0, 0.05) is 33.0 Å². The van der Waals surface area contributed by atoms with Crippen molar-refractivity contribution in [3.8, 4) is 0 Å². The topological polar surface area (TPSA) is 24.9 Å². The van der Waals surface area contributed by atoms with Crippen molar-refractivity contribution in [2.24, 2.45) is 0 Å². The van der Waals surface area contributed by atoms with Crippen molar-refractivity contribution in [1.82, 2.24) is 4.98 Å². The highest BCUT2D eigenvalue weighted by molar-refractivity contribution is 6.31. The maximum absolute atomic E-state index is 5.98. The Labute approximate surface area is 121 Å². The average molecular weight is 289 g/mol. The number of anilines is 2. The standard InChI is InChI=1S/C15H10Cl2N2/c16-10-2-1-3-12(8-10)19-14-6-7-18-15-9-11(17)4-5-13(14)15/h1-9H,(H,18,19). The summed E-state index contributed by atoms with van der Waals surface area (Å²) < 4.78 is 0. The molecule has 0 unspecified atom stereocenters. The third-order valence-corrected chi connectivity index (χ3v) is 3.28. The third-order valence-electron chi connectivity index (χ3n) is 2.81. The first-order chi connectivity index (χ1) is 9.22. The van der Waals surface area contributed by atoms with Crippen LogP contribution in [0.25, 0.3) is 10.9 Å². The van der Waals surface area contributed by atoms with Gasteiger partial charge in [-0.05, 0) is 42.5 Å². The summed E-state index contributed by atoms with van der Waals surface area (Å²) in [5.74, 6) is 0. The Kier molecular flexibility index (Phi) is 3.28. The Morgan fingerprint density at radius 2 is 1.74 bits per heavy atom. The van der Waals surface area contributed by atoms with Gasteiger partial charge in [0.15, 0.2) is 0 Å². The van der Waals surface area contributed by atoms with Crippen molar-refractivity contribution < 1.29 is 0 Å². The molecule has 94 valence electrons. The van der Waals surface area contributed by atoms with E-state index in [-0.39, 0.29) is 0 Å². The number of benzene rings is 2. The minimum absolute atomic E-state index is 0.680. The molecule has 2 nitrogen and oxygen atoms in total. The molecule has 0 amide bonds. The van der Waals surface area contributed by atoms with E-state index in [2.05, 4.69) is 10.3 Å². The molecule has 0 aliphatic carbocycles. The molecule has 0 bridgehead atoms. The Hall–Kier alpha value is -1.77. The van der Waals surface area contributed by atoms with Gasteiger partial charge < -0.3 is 5.32 Å². The van der Waals surface area contributed by atoms with E-state index in [1.807, 2.05) is 48.5 Å². The molecule has 0 aliphatic heterocycles. The molecular weight excluding hydrogens is 279 g/mol. The molecular formula is C15H10Cl2N2. The lowest BCUT2D eigenvalue weighted by molar-refractivity contribution is 1.40. The first kappa shape index (κ1) is 12.3. The Balaban J connectivity index is 2.06. The first-order valence-electron chi connectivity index (χ1n) is 5.79. The number of fused-ring (bicyclic) bond motifs is 1. The summed E-state index contributed by atoms with van der Waals surface area (Å²) in [7, 11) is 0. The van der Waals surface area contributed by atoms with Gasteiger partial charge in [-0.3, -0.25) is 4.98 Å². The summed E-state index contributed by atoms with van der Waals surface area (Å²) in [5, 5.41) is 5.74. The number of hydrogen-bond donors (Lipinski definition) is 1. The highest BCUT2D eigenvalue weighted by atomic mass is 35.5. The van der Waals surface area contributed by atoms with E-state index in [1.54, 1.807) is 6.20 Å².